The second kappa shape index (κ2) is 7.27. The summed E-state index contributed by atoms with van der Waals surface area (Å²) in [4.78, 5) is 29.4. The number of carbonyl (C=O) groups excluding carboxylic acids is 2. The molecule has 27 heavy (non-hydrogen) atoms. The first kappa shape index (κ1) is 17.9. The highest BCUT2D eigenvalue weighted by Gasteiger charge is 2.33. The van der Waals surface area contributed by atoms with Crippen LogP contribution in [0.3, 0.4) is 0 Å². The molecule has 1 aromatic carbocycles. The Morgan fingerprint density at radius 3 is 2.70 bits per heavy atom. The number of Topliss-reactive ketones (excluding diaryl/α,β-unsaturated/α-hetero) is 1. The fraction of sp³-hybridized carbons (Fsp3) is 0.429. The molecule has 5 nitrogen and oxygen atoms in total. The minimum atomic E-state index is -0.230. The minimum absolute atomic E-state index is 0.0150. The summed E-state index contributed by atoms with van der Waals surface area (Å²) in [6, 6.07) is 6.61. The Morgan fingerprint density at radius 1 is 1.19 bits per heavy atom. The number of hydrogen-bond donors (Lipinski definition) is 0. The van der Waals surface area contributed by atoms with E-state index in [-0.39, 0.29) is 17.5 Å². The summed E-state index contributed by atoms with van der Waals surface area (Å²) < 4.78 is 19.1. The van der Waals surface area contributed by atoms with E-state index in [9.17, 15) is 14.0 Å². The Kier molecular flexibility index (Phi) is 4.83. The van der Waals surface area contributed by atoms with E-state index in [0.717, 1.165) is 31.5 Å². The van der Waals surface area contributed by atoms with Gasteiger partial charge in [-0.2, -0.15) is 0 Å². The maximum absolute atomic E-state index is 13.3. The fourth-order valence-electron chi connectivity index (χ4n) is 4.03. The average molecular weight is 370 g/mol. The molecular weight excluding hydrogens is 347 g/mol. The Labute approximate surface area is 157 Å². The molecule has 142 valence electrons. The molecule has 0 unspecified atom stereocenters. The molecule has 1 aliphatic carbocycles. The third-order valence-corrected chi connectivity index (χ3v) is 5.41. The molecule has 1 fully saturated rings. The molecule has 2 aliphatic rings. The number of carbonyl (C=O) groups is 2. The molecule has 2 aromatic rings. The highest BCUT2D eigenvalue weighted by Crippen LogP contribution is 2.30. The minimum Gasteiger partial charge on any atom is -0.465 e. The van der Waals surface area contributed by atoms with Gasteiger partial charge in [0, 0.05) is 45.6 Å². The van der Waals surface area contributed by atoms with Crippen molar-refractivity contribution in [3.8, 4) is 0 Å². The third-order valence-electron chi connectivity index (χ3n) is 5.41. The first-order valence-electron chi connectivity index (χ1n) is 9.44. The number of halogens is 1. The van der Waals surface area contributed by atoms with Crippen molar-refractivity contribution in [3.05, 3.63) is 58.3 Å². The topological polar surface area (TPSA) is 53.8 Å². The van der Waals surface area contributed by atoms with E-state index in [1.807, 2.05) is 6.07 Å². The Hall–Kier alpha value is -2.47. The van der Waals surface area contributed by atoms with Crippen molar-refractivity contribution in [3.63, 3.8) is 0 Å². The first-order valence-corrected chi connectivity index (χ1v) is 9.44. The molecule has 0 saturated carbocycles. The van der Waals surface area contributed by atoms with Gasteiger partial charge in [-0.15, -0.1) is 0 Å². The lowest BCUT2D eigenvalue weighted by atomic mass is 9.93. The van der Waals surface area contributed by atoms with Gasteiger partial charge >= 0.3 is 0 Å². The number of fused-ring (bicyclic) bond motifs is 1. The van der Waals surface area contributed by atoms with E-state index < -0.39 is 0 Å². The maximum atomic E-state index is 13.3. The zero-order valence-corrected chi connectivity index (χ0v) is 15.5. The summed E-state index contributed by atoms with van der Waals surface area (Å²) in [5.41, 5.74) is 1.89. The molecule has 0 N–H and O–H groups in total. The molecule has 1 aliphatic heterocycles. The number of amides is 1. The third kappa shape index (κ3) is 3.54. The van der Waals surface area contributed by atoms with Gasteiger partial charge in [-0.05, 0) is 31.0 Å². The normalized spacial score (nSPS) is 17.9. The summed E-state index contributed by atoms with van der Waals surface area (Å²) >= 11 is 0. The lowest BCUT2D eigenvalue weighted by Gasteiger charge is -2.35. The number of rotatable bonds is 3. The van der Waals surface area contributed by atoms with Gasteiger partial charge in [-0.1, -0.05) is 12.1 Å². The van der Waals surface area contributed by atoms with Crippen molar-refractivity contribution in [2.24, 2.45) is 0 Å². The van der Waals surface area contributed by atoms with Gasteiger partial charge in [0.25, 0.3) is 5.91 Å². The summed E-state index contributed by atoms with van der Waals surface area (Å²) in [7, 11) is 0. The summed E-state index contributed by atoms with van der Waals surface area (Å²) in [5, 5.41) is 0. The molecule has 6 heteroatoms. The first-order chi connectivity index (χ1) is 13.0. The van der Waals surface area contributed by atoms with E-state index >= 15 is 0 Å². The van der Waals surface area contributed by atoms with Crippen molar-refractivity contribution in [1.82, 2.24) is 9.80 Å². The molecule has 1 saturated heterocycles. The molecule has 0 spiro atoms. The Balaban J connectivity index is 1.44. The predicted octanol–water partition coefficient (Wildman–Crippen LogP) is 3.20. The van der Waals surface area contributed by atoms with Crippen LogP contribution in [-0.2, 0) is 13.0 Å². The van der Waals surface area contributed by atoms with Crippen LogP contribution in [0, 0.1) is 12.7 Å². The number of hydrogen-bond acceptors (Lipinski definition) is 4. The number of nitrogens with zero attached hydrogens (tertiary/aromatic N) is 2. The Morgan fingerprint density at radius 2 is 1.96 bits per heavy atom. The van der Waals surface area contributed by atoms with Crippen LogP contribution in [-0.4, -0.2) is 47.7 Å². The molecule has 4 rings (SSSR count). The van der Waals surface area contributed by atoms with Crippen LogP contribution in [0.4, 0.5) is 4.39 Å². The summed E-state index contributed by atoms with van der Waals surface area (Å²) in [6.45, 7) is 5.03. The second-order valence-corrected chi connectivity index (χ2v) is 7.31. The van der Waals surface area contributed by atoms with Crippen molar-refractivity contribution < 1.29 is 18.4 Å². The van der Waals surface area contributed by atoms with Crippen molar-refractivity contribution >= 4 is 11.7 Å². The lowest BCUT2D eigenvalue weighted by Crippen LogP contribution is -2.48. The average Bonchev–Trinajstić information content (AvgIpc) is 2.99. The zero-order valence-electron chi connectivity index (χ0n) is 15.5. The van der Waals surface area contributed by atoms with E-state index in [4.69, 9.17) is 4.42 Å². The molecule has 0 radical (unpaired) electrons. The van der Waals surface area contributed by atoms with Crippen LogP contribution < -0.4 is 0 Å². The van der Waals surface area contributed by atoms with Gasteiger partial charge in [0.15, 0.2) is 5.78 Å². The monoisotopic (exact) mass is 370 g/mol. The predicted molar refractivity (Wildman–Crippen MR) is 98.3 cm³/mol. The number of piperazine rings is 1. The molecule has 0 atom stereocenters. The number of aryl methyl sites for hydroxylation is 2. The molecule has 1 aromatic heterocycles. The van der Waals surface area contributed by atoms with Crippen LogP contribution in [0.1, 0.15) is 50.6 Å². The van der Waals surface area contributed by atoms with Gasteiger partial charge in [-0.25, -0.2) is 4.39 Å². The van der Waals surface area contributed by atoms with Gasteiger partial charge < -0.3 is 9.32 Å². The standard InChI is InChI=1S/C21H23FN2O3/c1-14-19(20-17(25)6-3-7-18(20)27-14)21(26)24-10-8-23(9-11-24)13-15-4-2-5-16(22)12-15/h2,4-5,12H,3,6-11,13H2,1H3. The van der Waals surface area contributed by atoms with Gasteiger partial charge in [0.2, 0.25) is 0 Å². The fourth-order valence-corrected chi connectivity index (χ4v) is 4.03. The smallest absolute Gasteiger partial charge is 0.258 e. The van der Waals surface area contributed by atoms with Crippen LogP contribution >= 0.6 is 0 Å². The highest BCUT2D eigenvalue weighted by molar-refractivity contribution is 6.10. The molecular formula is C21H23FN2O3. The van der Waals surface area contributed by atoms with Gasteiger partial charge in [0.05, 0.1) is 11.1 Å². The van der Waals surface area contributed by atoms with Crippen molar-refractivity contribution in [1.29, 1.82) is 0 Å². The number of benzene rings is 1. The maximum Gasteiger partial charge on any atom is 0.258 e. The van der Waals surface area contributed by atoms with Crippen LogP contribution in [0.2, 0.25) is 0 Å². The van der Waals surface area contributed by atoms with Crippen LogP contribution in [0.15, 0.2) is 28.7 Å². The SMILES string of the molecule is Cc1oc2c(c1C(=O)N1CCN(Cc3cccc(F)c3)CC1)C(=O)CCC2. The lowest BCUT2D eigenvalue weighted by molar-refractivity contribution is 0.0623. The number of ketones is 1. The van der Waals surface area contributed by atoms with Crippen molar-refractivity contribution in [2.75, 3.05) is 26.2 Å². The quantitative estimate of drug-likeness (QED) is 0.833. The van der Waals surface area contributed by atoms with Crippen LogP contribution in [0.25, 0.3) is 0 Å². The zero-order chi connectivity index (χ0) is 19.0. The molecule has 1 amide bonds. The van der Waals surface area contributed by atoms with Crippen molar-refractivity contribution in [2.45, 2.75) is 32.7 Å². The summed E-state index contributed by atoms with van der Waals surface area (Å²) in [5.74, 6) is 0.879. The van der Waals surface area contributed by atoms with E-state index in [0.29, 0.717) is 48.7 Å². The van der Waals surface area contributed by atoms with Crippen LogP contribution in [0.5, 0.6) is 0 Å². The second-order valence-electron chi connectivity index (χ2n) is 7.31. The number of furan rings is 1. The van der Waals surface area contributed by atoms with Gasteiger partial charge in [0.1, 0.15) is 17.3 Å². The molecule has 2 heterocycles. The Bertz CT molecular complexity index is 882. The largest absolute Gasteiger partial charge is 0.465 e. The molecule has 0 bridgehead atoms. The highest BCUT2D eigenvalue weighted by atomic mass is 19.1. The van der Waals surface area contributed by atoms with Gasteiger partial charge in [-0.3, -0.25) is 14.5 Å². The van der Waals surface area contributed by atoms with E-state index in [1.54, 1.807) is 24.0 Å². The summed E-state index contributed by atoms with van der Waals surface area (Å²) in [6.07, 6.45) is 1.98. The van der Waals surface area contributed by atoms with E-state index in [1.165, 1.54) is 6.07 Å². The van der Waals surface area contributed by atoms with E-state index in [2.05, 4.69) is 4.90 Å².